The minimum Gasteiger partial charge on any atom is -0.481 e. The van der Waals surface area contributed by atoms with Crippen LogP contribution in [0, 0.1) is 41.3 Å². The first-order valence-electron chi connectivity index (χ1n) is 7.54. The molecule has 4 nitrogen and oxygen atoms in total. The first-order valence-corrected chi connectivity index (χ1v) is 7.54. The van der Waals surface area contributed by atoms with E-state index in [1.165, 1.54) is 24.3 Å². The zero-order valence-corrected chi connectivity index (χ0v) is 11.8. The molecule has 22 heavy (non-hydrogen) atoms. The van der Waals surface area contributed by atoms with Crippen molar-refractivity contribution in [2.24, 2.45) is 35.5 Å². The van der Waals surface area contributed by atoms with Gasteiger partial charge in [-0.3, -0.25) is 9.59 Å². The largest absolute Gasteiger partial charge is 0.481 e. The Labute approximate surface area is 127 Å². The number of carboxylic acids is 1. The SMILES string of the molecule is O=C(O)[C@H]1[C@@H]2C=C[C@H]([C@H]3C[C@H]23)[C@@H]1C(=O)Nc1ccc(F)cc1. The Morgan fingerprint density at radius 2 is 1.64 bits per heavy atom. The van der Waals surface area contributed by atoms with Crippen LogP contribution in [0.3, 0.4) is 0 Å². The molecule has 0 heterocycles. The van der Waals surface area contributed by atoms with E-state index in [9.17, 15) is 19.1 Å². The van der Waals surface area contributed by atoms with Crippen LogP contribution in [0.5, 0.6) is 0 Å². The van der Waals surface area contributed by atoms with Gasteiger partial charge in [0.1, 0.15) is 5.82 Å². The van der Waals surface area contributed by atoms with Crippen molar-refractivity contribution in [1.82, 2.24) is 0 Å². The lowest BCUT2D eigenvalue weighted by Gasteiger charge is -2.41. The summed E-state index contributed by atoms with van der Waals surface area (Å²) in [6.45, 7) is 0. The number of benzene rings is 1. The minimum atomic E-state index is -0.899. The molecule has 4 aliphatic carbocycles. The highest BCUT2D eigenvalue weighted by Crippen LogP contribution is 2.63. The highest BCUT2D eigenvalue weighted by molar-refractivity contribution is 5.96. The Morgan fingerprint density at radius 1 is 1.05 bits per heavy atom. The fourth-order valence-electron chi connectivity index (χ4n) is 4.33. The van der Waals surface area contributed by atoms with Gasteiger partial charge in [0, 0.05) is 5.69 Å². The first-order chi connectivity index (χ1) is 10.6. The predicted octanol–water partition coefficient (Wildman–Crippen LogP) is 2.53. The van der Waals surface area contributed by atoms with Crippen molar-refractivity contribution in [3.63, 3.8) is 0 Å². The van der Waals surface area contributed by atoms with Gasteiger partial charge in [-0.1, -0.05) is 12.2 Å². The highest BCUT2D eigenvalue weighted by Gasteiger charge is 2.62. The van der Waals surface area contributed by atoms with E-state index in [1.54, 1.807) is 0 Å². The molecule has 114 valence electrons. The maximum absolute atomic E-state index is 12.9. The second-order valence-corrected chi connectivity index (χ2v) is 6.49. The van der Waals surface area contributed by atoms with Gasteiger partial charge in [0.25, 0.3) is 0 Å². The second kappa shape index (κ2) is 4.66. The molecule has 1 aromatic carbocycles. The average molecular weight is 301 g/mol. The molecule has 0 spiro atoms. The zero-order valence-electron chi connectivity index (χ0n) is 11.8. The van der Waals surface area contributed by atoms with Crippen molar-refractivity contribution in [3.05, 3.63) is 42.2 Å². The normalized spacial score (nSPS) is 37.5. The van der Waals surface area contributed by atoms with Gasteiger partial charge in [-0.2, -0.15) is 0 Å². The summed E-state index contributed by atoms with van der Waals surface area (Å²) < 4.78 is 12.9. The molecule has 2 N–H and O–H groups in total. The predicted molar refractivity (Wildman–Crippen MR) is 77.4 cm³/mol. The number of carboxylic acid groups (broad SMARTS) is 1. The van der Waals surface area contributed by atoms with E-state index in [1.807, 2.05) is 12.2 Å². The van der Waals surface area contributed by atoms with Gasteiger partial charge in [0.05, 0.1) is 11.8 Å². The number of allylic oxidation sites excluding steroid dienone is 2. The number of nitrogens with one attached hydrogen (secondary N) is 1. The molecule has 2 saturated carbocycles. The van der Waals surface area contributed by atoms with E-state index < -0.39 is 17.8 Å². The number of carbonyl (C=O) groups excluding carboxylic acids is 1. The van der Waals surface area contributed by atoms with Gasteiger partial charge < -0.3 is 10.4 Å². The molecule has 5 rings (SSSR count). The van der Waals surface area contributed by atoms with Gasteiger partial charge in [-0.05, 0) is 54.4 Å². The van der Waals surface area contributed by atoms with E-state index in [0.717, 1.165) is 6.42 Å². The number of halogens is 1. The number of aliphatic carboxylic acids is 1. The fourth-order valence-corrected chi connectivity index (χ4v) is 4.33. The quantitative estimate of drug-likeness (QED) is 0.843. The van der Waals surface area contributed by atoms with E-state index in [0.29, 0.717) is 17.5 Å². The van der Waals surface area contributed by atoms with Crippen molar-refractivity contribution < 1.29 is 19.1 Å². The molecule has 1 amide bonds. The van der Waals surface area contributed by atoms with Crippen LogP contribution in [0.25, 0.3) is 0 Å². The number of fused-ring (bicyclic) bond motifs is 1. The van der Waals surface area contributed by atoms with Crippen molar-refractivity contribution >= 4 is 17.6 Å². The standard InChI is InChI=1S/C17H16FNO3/c18-8-1-3-9(4-2-8)19-16(20)14-10-5-6-11(13-7-12(10)13)15(14)17(21)22/h1-6,10-15H,7H2,(H,19,20)(H,21,22)/t10-,11-,12-,13-,14+,15+/m1/s1. The smallest absolute Gasteiger partial charge is 0.307 e. The monoisotopic (exact) mass is 301 g/mol. The van der Waals surface area contributed by atoms with Crippen molar-refractivity contribution in [2.75, 3.05) is 5.32 Å². The Hall–Kier alpha value is -2.17. The van der Waals surface area contributed by atoms with Crippen molar-refractivity contribution in [1.29, 1.82) is 0 Å². The lowest BCUT2D eigenvalue weighted by molar-refractivity contribution is -0.152. The van der Waals surface area contributed by atoms with E-state index in [-0.39, 0.29) is 23.6 Å². The zero-order chi connectivity index (χ0) is 15.4. The first kappa shape index (κ1) is 13.5. The average Bonchev–Trinajstić information content (AvgIpc) is 3.30. The summed E-state index contributed by atoms with van der Waals surface area (Å²) in [6, 6.07) is 5.52. The van der Waals surface area contributed by atoms with Gasteiger partial charge in [0.15, 0.2) is 0 Å². The van der Waals surface area contributed by atoms with Crippen LogP contribution in [0.4, 0.5) is 10.1 Å². The summed E-state index contributed by atoms with van der Waals surface area (Å²) in [7, 11) is 0. The van der Waals surface area contributed by atoms with Crippen LogP contribution in [0.2, 0.25) is 0 Å². The molecule has 4 aliphatic rings. The Morgan fingerprint density at radius 3 is 2.23 bits per heavy atom. The third-order valence-electron chi connectivity index (χ3n) is 5.35. The van der Waals surface area contributed by atoms with Crippen LogP contribution in [-0.2, 0) is 9.59 Å². The van der Waals surface area contributed by atoms with Crippen LogP contribution in [0.15, 0.2) is 36.4 Å². The molecule has 0 aromatic heterocycles. The molecule has 0 unspecified atom stereocenters. The van der Waals surface area contributed by atoms with Gasteiger partial charge in [-0.15, -0.1) is 0 Å². The maximum Gasteiger partial charge on any atom is 0.307 e. The number of hydrogen-bond donors (Lipinski definition) is 2. The number of carbonyl (C=O) groups is 2. The maximum atomic E-state index is 12.9. The number of hydrogen-bond acceptors (Lipinski definition) is 2. The Bertz CT molecular complexity index is 669. The molecular formula is C17H16FNO3. The van der Waals surface area contributed by atoms with Crippen LogP contribution in [0.1, 0.15) is 6.42 Å². The van der Waals surface area contributed by atoms with Crippen LogP contribution >= 0.6 is 0 Å². The molecule has 0 saturated heterocycles. The Kier molecular flexibility index (Phi) is 2.86. The molecule has 2 fully saturated rings. The molecule has 0 radical (unpaired) electrons. The summed E-state index contributed by atoms with van der Waals surface area (Å²) in [5, 5.41) is 12.3. The molecule has 6 atom stereocenters. The van der Waals surface area contributed by atoms with Gasteiger partial charge in [-0.25, -0.2) is 4.39 Å². The molecule has 0 aliphatic heterocycles. The highest BCUT2D eigenvalue weighted by atomic mass is 19.1. The van der Waals surface area contributed by atoms with Crippen LogP contribution < -0.4 is 5.32 Å². The number of amides is 1. The van der Waals surface area contributed by atoms with Gasteiger partial charge >= 0.3 is 5.97 Å². The second-order valence-electron chi connectivity index (χ2n) is 6.49. The third kappa shape index (κ3) is 1.95. The fraction of sp³-hybridized carbons (Fsp3) is 0.412. The van der Waals surface area contributed by atoms with E-state index >= 15 is 0 Å². The lowest BCUT2D eigenvalue weighted by Crippen LogP contribution is -2.48. The third-order valence-corrected chi connectivity index (χ3v) is 5.35. The summed E-state index contributed by atoms with van der Waals surface area (Å²) >= 11 is 0. The number of rotatable bonds is 3. The summed E-state index contributed by atoms with van der Waals surface area (Å²) in [4.78, 5) is 24.3. The van der Waals surface area contributed by atoms with Gasteiger partial charge in [0.2, 0.25) is 5.91 Å². The number of anilines is 1. The molecular weight excluding hydrogens is 285 g/mol. The van der Waals surface area contributed by atoms with Crippen LogP contribution in [-0.4, -0.2) is 17.0 Å². The molecule has 1 aromatic rings. The summed E-state index contributed by atoms with van der Waals surface area (Å²) in [6.07, 6.45) is 5.03. The van der Waals surface area contributed by atoms with Crippen molar-refractivity contribution in [3.8, 4) is 0 Å². The van der Waals surface area contributed by atoms with Crippen molar-refractivity contribution in [2.45, 2.75) is 6.42 Å². The lowest BCUT2D eigenvalue weighted by atomic mass is 9.62. The van der Waals surface area contributed by atoms with E-state index in [2.05, 4.69) is 5.32 Å². The van der Waals surface area contributed by atoms with E-state index in [4.69, 9.17) is 0 Å². The Balaban J connectivity index is 1.60. The summed E-state index contributed by atoms with van der Waals surface area (Å²) in [5.41, 5.74) is 0.494. The topological polar surface area (TPSA) is 66.4 Å². The molecule has 5 heteroatoms. The molecule has 2 bridgehead atoms. The minimum absolute atomic E-state index is 0.0107. The summed E-state index contributed by atoms with van der Waals surface area (Å²) in [5.74, 6) is -1.87.